The van der Waals surface area contributed by atoms with Crippen molar-refractivity contribution in [2.45, 2.75) is 31.7 Å². The molecule has 0 N–H and O–H groups in total. The molecule has 0 spiro atoms. The molecular formula is C19H18N6OS. The van der Waals surface area contributed by atoms with Gasteiger partial charge in [0.1, 0.15) is 5.65 Å². The van der Waals surface area contributed by atoms with Crippen molar-refractivity contribution in [1.29, 1.82) is 0 Å². The molecule has 4 aromatic rings. The lowest BCUT2D eigenvalue weighted by molar-refractivity contribution is 0.751. The lowest BCUT2D eigenvalue weighted by Crippen LogP contribution is -2.15. The van der Waals surface area contributed by atoms with E-state index >= 15 is 0 Å². The van der Waals surface area contributed by atoms with Gasteiger partial charge >= 0.3 is 0 Å². The van der Waals surface area contributed by atoms with Crippen LogP contribution in [0.25, 0.3) is 11.3 Å². The zero-order chi connectivity index (χ0) is 19.0. The fourth-order valence-electron chi connectivity index (χ4n) is 2.93. The van der Waals surface area contributed by atoms with Gasteiger partial charge in [-0.15, -0.1) is 5.10 Å². The van der Waals surface area contributed by atoms with Gasteiger partial charge in [-0.2, -0.15) is 4.68 Å². The van der Waals surface area contributed by atoms with Gasteiger partial charge in [0.05, 0.1) is 11.4 Å². The van der Waals surface area contributed by atoms with Crippen LogP contribution in [0.15, 0.2) is 52.5 Å². The van der Waals surface area contributed by atoms with Crippen LogP contribution < -0.4 is 5.56 Å². The Labute approximate surface area is 160 Å². The van der Waals surface area contributed by atoms with E-state index in [1.807, 2.05) is 38.1 Å². The molecule has 0 bridgehead atoms. The molecule has 0 unspecified atom stereocenters. The second-order valence-electron chi connectivity index (χ2n) is 6.47. The summed E-state index contributed by atoms with van der Waals surface area (Å²) in [6, 6.07) is 11.5. The van der Waals surface area contributed by atoms with E-state index in [4.69, 9.17) is 0 Å². The van der Waals surface area contributed by atoms with E-state index in [0.29, 0.717) is 22.3 Å². The van der Waals surface area contributed by atoms with Crippen LogP contribution >= 0.6 is 11.8 Å². The Kier molecular flexibility index (Phi) is 4.49. The summed E-state index contributed by atoms with van der Waals surface area (Å²) in [5.74, 6) is 0.505. The molecule has 4 rings (SSSR count). The van der Waals surface area contributed by atoms with Crippen molar-refractivity contribution in [2.75, 3.05) is 0 Å². The van der Waals surface area contributed by atoms with Crippen LogP contribution in [-0.4, -0.2) is 29.6 Å². The number of hydrogen-bond acceptors (Lipinski definition) is 6. The van der Waals surface area contributed by atoms with Crippen LogP contribution in [0.4, 0.5) is 0 Å². The zero-order valence-corrected chi connectivity index (χ0v) is 16.1. The van der Waals surface area contributed by atoms with Crippen LogP contribution in [0.1, 0.15) is 22.4 Å². The summed E-state index contributed by atoms with van der Waals surface area (Å²) in [5, 5.41) is 12.7. The van der Waals surface area contributed by atoms with Gasteiger partial charge in [0.2, 0.25) is 5.16 Å². The first-order valence-electron chi connectivity index (χ1n) is 8.49. The first kappa shape index (κ1) is 17.4. The average Bonchev–Trinajstić information content (AvgIpc) is 3.09. The summed E-state index contributed by atoms with van der Waals surface area (Å²) < 4.78 is 3.28. The van der Waals surface area contributed by atoms with E-state index in [1.54, 1.807) is 21.3 Å². The van der Waals surface area contributed by atoms with E-state index in [0.717, 1.165) is 16.8 Å². The summed E-state index contributed by atoms with van der Waals surface area (Å²) in [6.45, 7) is 6.03. The van der Waals surface area contributed by atoms with Gasteiger partial charge in [-0.25, -0.2) is 4.98 Å². The smallest absolute Gasteiger partial charge is 0.258 e. The van der Waals surface area contributed by atoms with Crippen molar-refractivity contribution in [2.24, 2.45) is 0 Å². The van der Waals surface area contributed by atoms with Crippen molar-refractivity contribution in [3.63, 3.8) is 0 Å². The predicted octanol–water partition coefficient (Wildman–Crippen LogP) is 2.89. The van der Waals surface area contributed by atoms with Gasteiger partial charge in [0.15, 0.2) is 0 Å². The Morgan fingerprint density at radius 2 is 1.85 bits per heavy atom. The summed E-state index contributed by atoms with van der Waals surface area (Å²) in [6.07, 6.45) is 1.79. The Morgan fingerprint density at radius 1 is 1.04 bits per heavy atom. The average molecular weight is 378 g/mol. The summed E-state index contributed by atoms with van der Waals surface area (Å²) in [7, 11) is 0. The number of thioether (sulfide) groups is 1. The third-order valence-electron chi connectivity index (χ3n) is 4.23. The predicted molar refractivity (Wildman–Crippen MR) is 104 cm³/mol. The minimum atomic E-state index is -0.0896. The fraction of sp³-hybridized carbons (Fsp3) is 0.211. The Balaban J connectivity index is 1.62. The summed E-state index contributed by atoms with van der Waals surface area (Å²) >= 11 is 1.45. The maximum atomic E-state index is 12.3. The van der Waals surface area contributed by atoms with Crippen molar-refractivity contribution in [3.8, 4) is 5.69 Å². The highest BCUT2D eigenvalue weighted by atomic mass is 32.2. The van der Waals surface area contributed by atoms with Crippen molar-refractivity contribution >= 4 is 17.4 Å². The van der Waals surface area contributed by atoms with Gasteiger partial charge in [-0.05, 0) is 54.5 Å². The Hall–Kier alpha value is -3.00. The normalized spacial score (nSPS) is 11.2. The van der Waals surface area contributed by atoms with E-state index in [2.05, 4.69) is 33.5 Å². The molecule has 3 aromatic heterocycles. The topological polar surface area (TPSA) is 78.0 Å². The van der Waals surface area contributed by atoms with E-state index in [1.165, 1.54) is 17.3 Å². The van der Waals surface area contributed by atoms with Crippen LogP contribution in [0.5, 0.6) is 0 Å². The first-order valence-corrected chi connectivity index (χ1v) is 9.47. The second-order valence-corrected chi connectivity index (χ2v) is 7.41. The molecule has 0 fully saturated rings. The molecule has 0 saturated carbocycles. The molecule has 136 valence electrons. The number of aryl methyl sites for hydroxylation is 3. The second kappa shape index (κ2) is 6.96. The number of benzene rings is 1. The molecule has 0 aliphatic rings. The summed E-state index contributed by atoms with van der Waals surface area (Å²) in [4.78, 5) is 16.9. The largest absolute Gasteiger partial charge is 0.269 e. The van der Waals surface area contributed by atoms with Gasteiger partial charge in [0, 0.05) is 18.0 Å². The minimum Gasteiger partial charge on any atom is -0.269 e. The number of rotatable bonds is 4. The molecule has 27 heavy (non-hydrogen) atoms. The number of fused-ring (bicyclic) bond motifs is 1. The highest BCUT2D eigenvalue weighted by Crippen LogP contribution is 2.23. The molecule has 0 saturated heterocycles. The van der Waals surface area contributed by atoms with Gasteiger partial charge in [0.25, 0.3) is 5.56 Å². The highest BCUT2D eigenvalue weighted by molar-refractivity contribution is 7.98. The molecular weight excluding hydrogens is 360 g/mol. The molecule has 7 nitrogen and oxygen atoms in total. The molecule has 3 heterocycles. The molecule has 0 amide bonds. The van der Waals surface area contributed by atoms with Crippen LogP contribution in [-0.2, 0) is 5.75 Å². The zero-order valence-electron chi connectivity index (χ0n) is 15.2. The Bertz CT molecular complexity index is 1200. The maximum Gasteiger partial charge on any atom is 0.258 e. The highest BCUT2D eigenvalue weighted by Gasteiger charge is 2.12. The Morgan fingerprint density at radius 3 is 2.67 bits per heavy atom. The minimum absolute atomic E-state index is 0.0896. The van der Waals surface area contributed by atoms with Crippen LogP contribution in [0.3, 0.4) is 0 Å². The number of aromatic nitrogens is 6. The molecule has 1 aromatic carbocycles. The van der Waals surface area contributed by atoms with E-state index in [-0.39, 0.29) is 5.56 Å². The lowest BCUT2D eigenvalue weighted by Gasteiger charge is -2.08. The van der Waals surface area contributed by atoms with Crippen LogP contribution in [0, 0.1) is 20.8 Å². The van der Waals surface area contributed by atoms with Gasteiger partial charge in [-0.1, -0.05) is 35.5 Å². The SMILES string of the molecule is Cc1ccc(-n2nnnc2SCc2cc(=O)n3cc(C)ccc3n2)c(C)c1. The molecule has 8 heteroatoms. The lowest BCUT2D eigenvalue weighted by atomic mass is 10.1. The van der Waals surface area contributed by atoms with Crippen molar-refractivity contribution in [1.82, 2.24) is 29.6 Å². The molecule has 0 aliphatic heterocycles. The molecule has 0 radical (unpaired) electrons. The fourth-order valence-corrected chi connectivity index (χ4v) is 3.71. The molecule has 0 aliphatic carbocycles. The maximum absolute atomic E-state index is 12.3. The number of pyridine rings is 1. The van der Waals surface area contributed by atoms with Gasteiger partial charge < -0.3 is 0 Å². The third kappa shape index (κ3) is 3.48. The van der Waals surface area contributed by atoms with E-state index in [9.17, 15) is 4.79 Å². The van der Waals surface area contributed by atoms with E-state index < -0.39 is 0 Å². The van der Waals surface area contributed by atoms with Crippen molar-refractivity contribution in [3.05, 3.63) is 75.3 Å². The van der Waals surface area contributed by atoms with Crippen molar-refractivity contribution < 1.29 is 0 Å². The number of nitrogens with zero attached hydrogens (tertiary/aromatic N) is 6. The first-order chi connectivity index (χ1) is 13.0. The monoisotopic (exact) mass is 378 g/mol. The summed E-state index contributed by atoms with van der Waals surface area (Å²) in [5.41, 5.74) is 5.49. The van der Waals surface area contributed by atoms with Gasteiger partial charge in [-0.3, -0.25) is 9.20 Å². The number of tetrazole rings is 1. The standard InChI is InChI=1S/C19H18N6OS/c1-12-4-6-16(14(3)8-12)25-19(21-22-23-25)27-11-15-9-18(26)24-10-13(2)5-7-17(24)20-15/h4-10H,11H2,1-3H3. The molecule has 0 atom stereocenters. The number of hydrogen-bond donors (Lipinski definition) is 0. The van der Waals surface area contributed by atoms with Crippen LogP contribution in [0.2, 0.25) is 0 Å². The quantitative estimate of drug-likeness (QED) is 0.508. The third-order valence-corrected chi connectivity index (χ3v) is 5.18.